The van der Waals surface area contributed by atoms with Crippen LogP contribution in [0.15, 0.2) is 33.0 Å². The molecule has 2 bridgehead atoms. The highest BCUT2D eigenvalue weighted by Crippen LogP contribution is 2.45. The van der Waals surface area contributed by atoms with Gasteiger partial charge in [0.15, 0.2) is 0 Å². The van der Waals surface area contributed by atoms with Crippen LogP contribution in [0.3, 0.4) is 0 Å². The monoisotopic (exact) mass is 476 g/mol. The average Bonchev–Trinajstić information content (AvgIpc) is 2.85. The van der Waals surface area contributed by atoms with E-state index in [2.05, 4.69) is 15.9 Å². The molecule has 3 fully saturated rings. The highest BCUT2D eigenvalue weighted by atomic mass is 16.5. The largest absolute Gasteiger partial charge is 0.496 e. The first-order chi connectivity index (χ1) is 16.9. The van der Waals surface area contributed by atoms with Crippen LogP contribution < -0.4 is 10.4 Å². The summed E-state index contributed by atoms with van der Waals surface area (Å²) in [6.45, 7) is 6.92. The molecule has 6 heteroatoms. The molecular formula is C29H36N2O4. The number of benzene rings is 1. The van der Waals surface area contributed by atoms with Crippen molar-refractivity contribution >= 4 is 16.9 Å². The van der Waals surface area contributed by atoms with Crippen molar-refractivity contribution in [1.29, 1.82) is 0 Å². The lowest BCUT2D eigenvalue weighted by atomic mass is 9.68. The number of nitrogens with zero attached hydrogens (tertiary/aromatic N) is 2. The number of aryl methyl sites for hydroxylation is 2. The summed E-state index contributed by atoms with van der Waals surface area (Å²) in [6, 6.07) is 4.68. The van der Waals surface area contributed by atoms with Crippen LogP contribution in [-0.2, 0) is 11.2 Å². The first-order valence-corrected chi connectivity index (χ1v) is 13.3. The van der Waals surface area contributed by atoms with E-state index in [0.717, 1.165) is 42.4 Å². The van der Waals surface area contributed by atoms with Gasteiger partial charge in [-0.3, -0.25) is 9.69 Å². The minimum absolute atomic E-state index is 0.0423. The van der Waals surface area contributed by atoms with Crippen molar-refractivity contribution in [1.82, 2.24) is 9.80 Å². The molecule has 3 aliphatic heterocycles. The lowest BCUT2D eigenvalue weighted by molar-refractivity contribution is -0.135. The average molecular weight is 477 g/mol. The van der Waals surface area contributed by atoms with E-state index in [0.29, 0.717) is 34.8 Å². The van der Waals surface area contributed by atoms with Gasteiger partial charge in [0, 0.05) is 19.1 Å². The number of carbonyl (C=O) groups is 1. The summed E-state index contributed by atoms with van der Waals surface area (Å²) in [4.78, 5) is 31.6. The summed E-state index contributed by atoms with van der Waals surface area (Å²) >= 11 is 0. The minimum atomic E-state index is -0.415. The van der Waals surface area contributed by atoms with Gasteiger partial charge in [-0.25, -0.2) is 4.79 Å². The summed E-state index contributed by atoms with van der Waals surface area (Å²) < 4.78 is 11.3. The van der Waals surface area contributed by atoms with Crippen molar-refractivity contribution in [3.05, 3.63) is 50.9 Å². The Labute approximate surface area is 206 Å². The van der Waals surface area contributed by atoms with E-state index in [9.17, 15) is 9.59 Å². The van der Waals surface area contributed by atoms with Gasteiger partial charge < -0.3 is 14.1 Å². The molecule has 0 spiro atoms. The maximum atomic E-state index is 13.8. The van der Waals surface area contributed by atoms with Crippen molar-refractivity contribution < 1.29 is 13.9 Å². The second-order valence-electron chi connectivity index (χ2n) is 11.1. The molecule has 2 aromatic rings. The molecule has 0 radical (unpaired) electrons. The standard InChI is InChI=1S/C29H36N2O4/c1-17-11-24(34-3)27-18(2)22(29(33)35-25(27)12-17)15-26(32)31-10-6-7-19-13-20-14-21(28(19)31)16-30-9-5-4-8-23(20)30/h11-13,20-21,23,28H,4-10,14-16H2,1-3H3/t20-,21+,23+,28+/m0/s1. The predicted octanol–water partition coefficient (Wildman–Crippen LogP) is 4.38. The van der Waals surface area contributed by atoms with Crippen LogP contribution in [0.25, 0.3) is 11.0 Å². The first-order valence-electron chi connectivity index (χ1n) is 13.3. The Morgan fingerprint density at radius 2 is 2.03 bits per heavy atom. The molecule has 0 N–H and O–H groups in total. The summed E-state index contributed by atoms with van der Waals surface area (Å²) in [6.07, 6.45) is 9.85. The van der Waals surface area contributed by atoms with Gasteiger partial charge in [-0.15, -0.1) is 0 Å². The van der Waals surface area contributed by atoms with E-state index in [1.807, 2.05) is 26.0 Å². The molecule has 3 saturated heterocycles. The van der Waals surface area contributed by atoms with Crippen molar-refractivity contribution in [3.63, 3.8) is 0 Å². The van der Waals surface area contributed by atoms with Crippen LogP contribution in [0.4, 0.5) is 0 Å². The van der Waals surface area contributed by atoms with Crippen LogP contribution in [0, 0.1) is 25.7 Å². The molecule has 4 aliphatic rings. The number of methoxy groups -OCH3 is 1. The van der Waals surface area contributed by atoms with Crippen LogP contribution in [0.2, 0.25) is 0 Å². The van der Waals surface area contributed by atoms with Gasteiger partial charge >= 0.3 is 5.63 Å². The van der Waals surface area contributed by atoms with Crippen LogP contribution in [-0.4, -0.2) is 54.5 Å². The zero-order valence-corrected chi connectivity index (χ0v) is 21.1. The Kier molecular flexibility index (Phi) is 5.75. The molecule has 1 aliphatic carbocycles. The summed E-state index contributed by atoms with van der Waals surface area (Å²) in [5, 5.41) is 0.781. The molecule has 1 amide bonds. The second kappa shape index (κ2) is 8.81. The van der Waals surface area contributed by atoms with E-state index in [1.54, 1.807) is 7.11 Å². The lowest BCUT2D eigenvalue weighted by Crippen LogP contribution is -2.60. The van der Waals surface area contributed by atoms with E-state index in [1.165, 1.54) is 37.8 Å². The fourth-order valence-corrected chi connectivity index (χ4v) is 7.51. The Hall–Kier alpha value is -2.60. The Bertz CT molecular complexity index is 1260. The quantitative estimate of drug-likeness (QED) is 0.486. The van der Waals surface area contributed by atoms with Crippen molar-refractivity contribution in [3.8, 4) is 5.75 Å². The number of hydrogen-bond acceptors (Lipinski definition) is 5. The Morgan fingerprint density at radius 3 is 2.86 bits per heavy atom. The fraction of sp³-hybridized carbons (Fsp3) is 0.586. The number of carbonyl (C=O) groups excluding carboxylic acids is 1. The lowest BCUT2D eigenvalue weighted by Gasteiger charge is -2.54. The third-order valence-corrected chi connectivity index (χ3v) is 9.01. The van der Waals surface area contributed by atoms with E-state index in [-0.39, 0.29) is 18.4 Å². The van der Waals surface area contributed by atoms with Crippen LogP contribution >= 0.6 is 0 Å². The fourth-order valence-electron chi connectivity index (χ4n) is 7.51. The third-order valence-electron chi connectivity index (χ3n) is 9.01. The molecule has 0 unspecified atom stereocenters. The van der Waals surface area contributed by atoms with Gasteiger partial charge in [-0.1, -0.05) is 18.1 Å². The molecule has 1 aromatic heterocycles. The molecule has 1 aromatic carbocycles. The molecule has 0 saturated carbocycles. The molecule has 6 nitrogen and oxygen atoms in total. The number of hydrogen-bond donors (Lipinski definition) is 0. The molecule has 6 rings (SSSR count). The van der Waals surface area contributed by atoms with Gasteiger partial charge in [0.2, 0.25) is 5.91 Å². The number of rotatable bonds is 3. The SMILES string of the molecule is COc1cc(C)cc2oc(=O)c(CC(=O)N3CCCC4=C[C@H]5C[C@H](CN6CCCC[C@H]56)[C@@H]43)c(C)c12. The summed E-state index contributed by atoms with van der Waals surface area (Å²) in [5.74, 6) is 1.85. The van der Waals surface area contributed by atoms with Crippen LogP contribution in [0.5, 0.6) is 5.75 Å². The van der Waals surface area contributed by atoms with Crippen molar-refractivity contribution in [2.75, 3.05) is 26.7 Å². The van der Waals surface area contributed by atoms with Gasteiger partial charge in [0.1, 0.15) is 11.3 Å². The molecule has 4 heterocycles. The molecule has 35 heavy (non-hydrogen) atoms. The first kappa shape index (κ1) is 22.8. The highest BCUT2D eigenvalue weighted by molar-refractivity contribution is 5.90. The summed E-state index contributed by atoms with van der Waals surface area (Å²) in [5.41, 5.74) is 3.77. The smallest absolute Gasteiger partial charge is 0.340 e. The van der Waals surface area contributed by atoms with Gasteiger partial charge in [-0.2, -0.15) is 0 Å². The number of likely N-dealkylation sites (tertiary alicyclic amines) is 1. The van der Waals surface area contributed by atoms with E-state index >= 15 is 0 Å². The van der Waals surface area contributed by atoms with Crippen LogP contribution in [0.1, 0.15) is 55.2 Å². The molecular weight excluding hydrogens is 440 g/mol. The molecule has 186 valence electrons. The highest BCUT2D eigenvalue weighted by Gasteiger charge is 2.46. The van der Waals surface area contributed by atoms with Gasteiger partial charge in [0.05, 0.1) is 30.5 Å². The van der Waals surface area contributed by atoms with Crippen molar-refractivity contribution in [2.24, 2.45) is 11.8 Å². The number of piperidine rings is 3. The summed E-state index contributed by atoms with van der Waals surface area (Å²) in [7, 11) is 1.62. The maximum absolute atomic E-state index is 13.8. The van der Waals surface area contributed by atoms with Gasteiger partial charge in [-0.05, 0) is 87.6 Å². The Balaban J connectivity index is 1.32. The second-order valence-corrected chi connectivity index (χ2v) is 11.1. The Morgan fingerprint density at radius 1 is 1.17 bits per heavy atom. The van der Waals surface area contributed by atoms with E-state index < -0.39 is 5.63 Å². The minimum Gasteiger partial charge on any atom is -0.496 e. The normalized spacial score (nSPS) is 28.3. The molecule has 4 atom stereocenters. The van der Waals surface area contributed by atoms with Crippen molar-refractivity contribution in [2.45, 2.75) is 70.9 Å². The number of ether oxygens (including phenoxy) is 1. The number of amides is 1. The third kappa shape index (κ3) is 3.81. The zero-order valence-electron chi connectivity index (χ0n) is 21.1. The predicted molar refractivity (Wildman–Crippen MR) is 136 cm³/mol. The maximum Gasteiger partial charge on any atom is 0.340 e. The van der Waals surface area contributed by atoms with Gasteiger partial charge in [0.25, 0.3) is 0 Å². The van der Waals surface area contributed by atoms with E-state index in [4.69, 9.17) is 9.15 Å². The topological polar surface area (TPSA) is 63.0 Å². The number of fused-ring (bicyclic) bond motifs is 7. The zero-order chi connectivity index (χ0) is 24.3.